The standard InChI is InChI=1S/C18H26N4O3/c1-11-16(13(3)23)12(2)19-17(11)18(25)22-8-6-21(7-9-22)10-15(24)20-14-4-5-14/h14,19H,4-10H2,1-3H3,(H,20,24). The second-order valence-electron chi connectivity index (χ2n) is 7.09. The van der Waals surface area contributed by atoms with Crippen molar-refractivity contribution in [3.8, 4) is 0 Å². The van der Waals surface area contributed by atoms with Crippen LogP contribution in [0.2, 0.25) is 0 Å². The third-order valence-electron chi connectivity index (χ3n) is 4.97. The Kier molecular flexibility index (Phi) is 4.94. The number of nitrogens with zero attached hydrogens (tertiary/aromatic N) is 2. The number of carbonyl (C=O) groups excluding carboxylic acids is 3. The monoisotopic (exact) mass is 346 g/mol. The van der Waals surface area contributed by atoms with Crippen LogP contribution in [0.5, 0.6) is 0 Å². The molecule has 2 aliphatic rings. The van der Waals surface area contributed by atoms with E-state index in [1.165, 1.54) is 6.92 Å². The van der Waals surface area contributed by atoms with E-state index in [1.807, 2.05) is 13.8 Å². The Morgan fingerprint density at radius 2 is 1.76 bits per heavy atom. The molecular formula is C18H26N4O3. The van der Waals surface area contributed by atoms with E-state index in [0.717, 1.165) is 24.1 Å². The summed E-state index contributed by atoms with van der Waals surface area (Å²) in [6, 6.07) is 0.380. The largest absolute Gasteiger partial charge is 0.354 e. The molecule has 1 aromatic heterocycles. The van der Waals surface area contributed by atoms with E-state index < -0.39 is 0 Å². The molecule has 7 heteroatoms. The molecule has 2 fully saturated rings. The van der Waals surface area contributed by atoms with Gasteiger partial charge in [0.25, 0.3) is 5.91 Å². The van der Waals surface area contributed by atoms with Crippen molar-refractivity contribution in [2.45, 2.75) is 39.7 Å². The molecule has 0 radical (unpaired) electrons. The molecule has 2 amide bonds. The quantitative estimate of drug-likeness (QED) is 0.775. The first-order chi connectivity index (χ1) is 11.9. The van der Waals surface area contributed by atoms with Crippen molar-refractivity contribution in [1.82, 2.24) is 20.1 Å². The summed E-state index contributed by atoms with van der Waals surface area (Å²) in [5, 5.41) is 2.99. The zero-order valence-corrected chi connectivity index (χ0v) is 15.1. The van der Waals surface area contributed by atoms with Crippen LogP contribution in [0, 0.1) is 13.8 Å². The van der Waals surface area contributed by atoms with Gasteiger partial charge in [0, 0.05) is 43.5 Å². The highest BCUT2D eigenvalue weighted by atomic mass is 16.2. The van der Waals surface area contributed by atoms with E-state index in [9.17, 15) is 14.4 Å². The van der Waals surface area contributed by atoms with Crippen molar-refractivity contribution >= 4 is 17.6 Å². The number of nitrogens with one attached hydrogen (secondary N) is 2. The van der Waals surface area contributed by atoms with E-state index in [1.54, 1.807) is 4.90 Å². The predicted octanol–water partition coefficient (Wildman–Crippen LogP) is 0.871. The lowest BCUT2D eigenvalue weighted by Crippen LogP contribution is -2.51. The van der Waals surface area contributed by atoms with Gasteiger partial charge in [0.2, 0.25) is 5.91 Å². The number of aromatic nitrogens is 1. The summed E-state index contributed by atoms with van der Waals surface area (Å²) in [7, 11) is 0. The Morgan fingerprint density at radius 1 is 1.12 bits per heavy atom. The van der Waals surface area contributed by atoms with Gasteiger partial charge in [-0.15, -0.1) is 0 Å². The van der Waals surface area contributed by atoms with Gasteiger partial charge >= 0.3 is 0 Å². The number of Topliss-reactive ketones (excluding diaryl/α,β-unsaturated/α-hetero) is 1. The van der Waals surface area contributed by atoms with Gasteiger partial charge in [-0.1, -0.05) is 0 Å². The van der Waals surface area contributed by atoms with Crippen LogP contribution in [0.15, 0.2) is 0 Å². The highest BCUT2D eigenvalue weighted by Crippen LogP contribution is 2.21. The highest BCUT2D eigenvalue weighted by Gasteiger charge is 2.28. The summed E-state index contributed by atoms with van der Waals surface area (Å²) in [5.41, 5.74) is 2.58. The van der Waals surface area contributed by atoms with Crippen molar-refractivity contribution in [3.63, 3.8) is 0 Å². The molecule has 2 N–H and O–H groups in total. The van der Waals surface area contributed by atoms with Crippen molar-refractivity contribution < 1.29 is 14.4 Å². The molecule has 2 heterocycles. The molecule has 1 saturated heterocycles. The average molecular weight is 346 g/mol. The summed E-state index contributed by atoms with van der Waals surface area (Å²) in [6.07, 6.45) is 2.18. The molecule has 3 rings (SSSR count). The lowest BCUT2D eigenvalue weighted by atomic mass is 10.1. The Balaban J connectivity index is 1.57. The lowest BCUT2D eigenvalue weighted by molar-refractivity contribution is -0.122. The molecule has 1 aliphatic carbocycles. The van der Waals surface area contributed by atoms with E-state index >= 15 is 0 Å². The van der Waals surface area contributed by atoms with Gasteiger partial charge < -0.3 is 15.2 Å². The zero-order valence-electron chi connectivity index (χ0n) is 15.1. The Bertz CT molecular complexity index is 697. The molecule has 1 aliphatic heterocycles. The molecule has 0 atom stereocenters. The number of amides is 2. The number of piperazine rings is 1. The predicted molar refractivity (Wildman–Crippen MR) is 93.8 cm³/mol. The Labute approximate surface area is 147 Å². The van der Waals surface area contributed by atoms with Crippen LogP contribution in [0.25, 0.3) is 0 Å². The molecule has 0 bridgehead atoms. The summed E-state index contributed by atoms with van der Waals surface area (Å²) >= 11 is 0. The number of aromatic amines is 1. The van der Waals surface area contributed by atoms with Gasteiger partial charge in [0.1, 0.15) is 5.69 Å². The number of hydrogen-bond acceptors (Lipinski definition) is 4. The minimum atomic E-state index is -0.0739. The van der Waals surface area contributed by atoms with Crippen molar-refractivity contribution in [1.29, 1.82) is 0 Å². The molecule has 136 valence electrons. The first kappa shape index (κ1) is 17.7. The molecule has 0 spiro atoms. The van der Waals surface area contributed by atoms with Gasteiger partial charge in [0.05, 0.1) is 6.54 Å². The Hall–Kier alpha value is -2.15. The second kappa shape index (κ2) is 7.00. The van der Waals surface area contributed by atoms with E-state index in [2.05, 4.69) is 15.2 Å². The zero-order chi connectivity index (χ0) is 18.1. The van der Waals surface area contributed by atoms with E-state index in [-0.39, 0.29) is 17.6 Å². The van der Waals surface area contributed by atoms with Gasteiger partial charge in [-0.2, -0.15) is 0 Å². The van der Waals surface area contributed by atoms with Gasteiger partial charge in [0.15, 0.2) is 5.78 Å². The molecule has 25 heavy (non-hydrogen) atoms. The smallest absolute Gasteiger partial charge is 0.270 e. The second-order valence-corrected chi connectivity index (χ2v) is 7.09. The van der Waals surface area contributed by atoms with Crippen LogP contribution >= 0.6 is 0 Å². The third-order valence-corrected chi connectivity index (χ3v) is 4.97. The minimum Gasteiger partial charge on any atom is -0.354 e. The number of aryl methyl sites for hydroxylation is 1. The highest BCUT2D eigenvalue weighted by molar-refractivity contribution is 6.02. The van der Waals surface area contributed by atoms with E-state index in [4.69, 9.17) is 0 Å². The maximum Gasteiger partial charge on any atom is 0.270 e. The summed E-state index contributed by atoms with van der Waals surface area (Å²) in [5.74, 6) is -0.0313. The summed E-state index contributed by atoms with van der Waals surface area (Å²) in [6.45, 7) is 8.08. The van der Waals surface area contributed by atoms with E-state index in [0.29, 0.717) is 50.0 Å². The van der Waals surface area contributed by atoms with Crippen LogP contribution in [0.4, 0.5) is 0 Å². The minimum absolute atomic E-state index is 0.0307. The number of carbonyl (C=O) groups is 3. The van der Waals surface area contributed by atoms with Crippen LogP contribution in [-0.2, 0) is 4.79 Å². The number of H-pyrrole nitrogens is 1. The van der Waals surface area contributed by atoms with Crippen molar-refractivity contribution in [2.24, 2.45) is 0 Å². The summed E-state index contributed by atoms with van der Waals surface area (Å²) < 4.78 is 0. The topological polar surface area (TPSA) is 85.5 Å². The lowest BCUT2D eigenvalue weighted by Gasteiger charge is -2.34. The molecule has 1 saturated carbocycles. The normalized spacial score (nSPS) is 18.3. The molecule has 7 nitrogen and oxygen atoms in total. The first-order valence-corrected chi connectivity index (χ1v) is 8.88. The fourth-order valence-corrected chi connectivity index (χ4v) is 3.46. The van der Waals surface area contributed by atoms with Gasteiger partial charge in [-0.3, -0.25) is 19.3 Å². The SMILES string of the molecule is CC(=O)c1c(C)[nH]c(C(=O)N2CCN(CC(=O)NC3CC3)CC2)c1C. The number of ketones is 1. The van der Waals surface area contributed by atoms with Crippen molar-refractivity contribution in [3.05, 3.63) is 22.5 Å². The fourth-order valence-electron chi connectivity index (χ4n) is 3.46. The van der Waals surface area contributed by atoms with Gasteiger partial charge in [-0.05, 0) is 39.2 Å². The Morgan fingerprint density at radius 3 is 2.28 bits per heavy atom. The molecule has 1 aromatic rings. The fraction of sp³-hybridized carbons (Fsp3) is 0.611. The van der Waals surface area contributed by atoms with Crippen LogP contribution in [-0.4, -0.2) is 71.1 Å². The van der Waals surface area contributed by atoms with Crippen LogP contribution in [0.1, 0.15) is 51.9 Å². The maximum absolute atomic E-state index is 12.8. The summed E-state index contributed by atoms with van der Waals surface area (Å²) in [4.78, 5) is 43.3. The third kappa shape index (κ3) is 3.92. The number of hydrogen-bond donors (Lipinski definition) is 2. The molecule has 0 unspecified atom stereocenters. The molecular weight excluding hydrogens is 320 g/mol. The molecule has 0 aromatic carbocycles. The van der Waals surface area contributed by atoms with Crippen molar-refractivity contribution in [2.75, 3.05) is 32.7 Å². The average Bonchev–Trinajstić information content (AvgIpc) is 3.30. The van der Waals surface area contributed by atoms with Crippen LogP contribution in [0.3, 0.4) is 0 Å². The van der Waals surface area contributed by atoms with Gasteiger partial charge in [-0.25, -0.2) is 0 Å². The first-order valence-electron chi connectivity index (χ1n) is 8.88. The van der Waals surface area contributed by atoms with Crippen LogP contribution < -0.4 is 5.32 Å². The maximum atomic E-state index is 12.8. The number of rotatable bonds is 5.